The lowest BCUT2D eigenvalue weighted by Gasteiger charge is -2.23. The van der Waals surface area contributed by atoms with Gasteiger partial charge in [-0.05, 0) is 24.3 Å². The van der Waals surface area contributed by atoms with E-state index in [0.717, 1.165) is 16.3 Å². The fraction of sp³-hybridized carbons (Fsp3) is 0.158. The fourth-order valence-electron chi connectivity index (χ4n) is 2.76. The van der Waals surface area contributed by atoms with Crippen molar-refractivity contribution in [3.05, 3.63) is 66.6 Å². The molecule has 1 aromatic carbocycles. The summed E-state index contributed by atoms with van der Waals surface area (Å²) >= 11 is 1.40. The summed E-state index contributed by atoms with van der Waals surface area (Å²) in [5.41, 5.74) is 1.67. The minimum absolute atomic E-state index is 0.0813. The van der Waals surface area contributed by atoms with Crippen molar-refractivity contribution in [3.63, 3.8) is 0 Å². The van der Waals surface area contributed by atoms with Gasteiger partial charge in [0.2, 0.25) is 11.8 Å². The van der Waals surface area contributed by atoms with Gasteiger partial charge in [-0.1, -0.05) is 18.2 Å². The molecule has 0 aliphatic carbocycles. The Morgan fingerprint density at radius 3 is 2.89 bits per heavy atom. The molecule has 2 N–H and O–H groups in total. The largest absolute Gasteiger partial charge is 0.324 e. The highest BCUT2D eigenvalue weighted by Gasteiger charge is 2.28. The zero-order valence-electron chi connectivity index (χ0n) is 14.3. The maximum atomic E-state index is 12.3. The number of nitrogens with zero attached hydrogens (tertiary/aromatic N) is 3. The van der Waals surface area contributed by atoms with Crippen molar-refractivity contribution in [1.29, 1.82) is 0 Å². The molecule has 27 heavy (non-hydrogen) atoms. The Morgan fingerprint density at radius 2 is 2.04 bits per heavy atom. The predicted octanol–water partition coefficient (Wildman–Crippen LogP) is 2.77. The second-order valence-corrected chi connectivity index (χ2v) is 7.31. The Labute approximate surface area is 160 Å². The molecule has 7 nitrogen and oxygen atoms in total. The average molecular weight is 379 g/mol. The molecule has 1 unspecified atom stereocenters. The van der Waals surface area contributed by atoms with Crippen molar-refractivity contribution in [2.24, 2.45) is 0 Å². The number of anilines is 2. The third-order valence-corrected chi connectivity index (χ3v) is 5.31. The molecule has 0 bridgehead atoms. The molecule has 0 radical (unpaired) electrons. The molecular weight excluding hydrogens is 362 g/mol. The van der Waals surface area contributed by atoms with Crippen molar-refractivity contribution < 1.29 is 9.59 Å². The Hall–Kier alpha value is -3.13. The maximum absolute atomic E-state index is 12.3. The minimum atomic E-state index is -0.462. The van der Waals surface area contributed by atoms with Gasteiger partial charge >= 0.3 is 0 Å². The number of nitrogens with one attached hydrogen (secondary N) is 2. The van der Waals surface area contributed by atoms with Gasteiger partial charge in [0.15, 0.2) is 5.82 Å². The van der Waals surface area contributed by atoms with Gasteiger partial charge in [0.05, 0.1) is 23.2 Å². The Balaban J connectivity index is 1.35. The molecule has 8 heteroatoms. The minimum Gasteiger partial charge on any atom is -0.324 e. The van der Waals surface area contributed by atoms with Crippen molar-refractivity contribution in [2.75, 3.05) is 10.6 Å². The number of aromatic nitrogens is 3. The molecule has 4 rings (SSSR count). The van der Waals surface area contributed by atoms with Gasteiger partial charge in [0, 0.05) is 29.8 Å². The number of pyridine rings is 1. The predicted molar refractivity (Wildman–Crippen MR) is 104 cm³/mol. The first-order valence-corrected chi connectivity index (χ1v) is 9.35. The smallest absolute Gasteiger partial charge is 0.238 e. The monoisotopic (exact) mass is 379 g/mol. The zero-order chi connectivity index (χ0) is 18.6. The summed E-state index contributed by atoms with van der Waals surface area (Å²) < 4.78 is 1.70. The van der Waals surface area contributed by atoms with Crippen LogP contribution in [0.4, 0.5) is 11.5 Å². The molecule has 0 saturated carbocycles. The van der Waals surface area contributed by atoms with Crippen LogP contribution in [0.15, 0.2) is 65.8 Å². The lowest BCUT2D eigenvalue weighted by molar-refractivity contribution is -0.120. The Kier molecular flexibility index (Phi) is 4.88. The van der Waals surface area contributed by atoms with E-state index in [4.69, 9.17) is 0 Å². The van der Waals surface area contributed by atoms with Crippen LogP contribution >= 0.6 is 11.8 Å². The first-order valence-electron chi connectivity index (χ1n) is 8.47. The molecule has 0 fully saturated rings. The van der Waals surface area contributed by atoms with E-state index in [-0.39, 0.29) is 18.2 Å². The lowest BCUT2D eigenvalue weighted by atomic mass is 10.2. The summed E-state index contributed by atoms with van der Waals surface area (Å²) in [5.74, 6) is 0.0530. The van der Waals surface area contributed by atoms with Crippen LogP contribution in [-0.4, -0.2) is 31.8 Å². The van der Waals surface area contributed by atoms with Gasteiger partial charge in [-0.3, -0.25) is 19.3 Å². The Morgan fingerprint density at radius 1 is 1.19 bits per heavy atom. The molecule has 2 aromatic heterocycles. The van der Waals surface area contributed by atoms with Gasteiger partial charge in [0.1, 0.15) is 0 Å². The molecule has 136 valence electrons. The summed E-state index contributed by atoms with van der Waals surface area (Å²) in [4.78, 5) is 29.8. The number of carbonyl (C=O) groups is 2. The number of carbonyl (C=O) groups excluding carboxylic acids is 2. The van der Waals surface area contributed by atoms with E-state index in [9.17, 15) is 9.59 Å². The normalized spacial score (nSPS) is 15.7. The topological polar surface area (TPSA) is 88.9 Å². The van der Waals surface area contributed by atoms with Crippen molar-refractivity contribution in [2.45, 2.75) is 23.1 Å². The van der Waals surface area contributed by atoms with Crippen LogP contribution < -0.4 is 10.6 Å². The highest BCUT2D eigenvalue weighted by atomic mass is 32.2. The summed E-state index contributed by atoms with van der Waals surface area (Å²) in [6.07, 6.45) is 3.59. The maximum Gasteiger partial charge on any atom is 0.238 e. The highest BCUT2D eigenvalue weighted by molar-refractivity contribution is 8.01. The number of amides is 2. The van der Waals surface area contributed by atoms with Crippen LogP contribution in [0.2, 0.25) is 0 Å². The molecule has 3 heterocycles. The van der Waals surface area contributed by atoms with Crippen molar-refractivity contribution >= 4 is 35.1 Å². The van der Waals surface area contributed by atoms with Crippen LogP contribution in [0.1, 0.15) is 12.1 Å². The molecule has 1 aliphatic heterocycles. The number of hydrogen-bond acceptors (Lipinski definition) is 5. The second-order valence-electron chi connectivity index (χ2n) is 6.06. The van der Waals surface area contributed by atoms with Gasteiger partial charge in [-0.15, -0.1) is 11.8 Å². The summed E-state index contributed by atoms with van der Waals surface area (Å²) in [6, 6.07) is 15.0. The summed E-state index contributed by atoms with van der Waals surface area (Å²) in [7, 11) is 0. The molecule has 3 aromatic rings. The van der Waals surface area contributed by atoms with Crippen LogP contribution in [0, 0.1) is 0 Å². The molecule has 2 amide bonds. The number of fused-ring (bicyclic) bond motifs is 1. The quantitative estimate of drug-likeness (QED) is 0.712. The molecular formula is C19H17N5O2S. The lowest BCUT2D eigenvalue weighted by Crippen LogP contribution is -2.32. The van der Waals surface area contributed by atoms with Crippen LogP contribution in [0.5, 0.6) is 0 Å². The van der Waals surface area contributed by atoms with E-state index in [2.05, 4.69) is 20.7 Å². The first kappa shape index (κ1) is 17.3. The standard InChI is InChI=1S/C19H17N5O2S/c25-18(11-16-19(26)21-14-6-1-2-7-15(14)27-16)22-17-8-10-24(23-17)12-13-5-3-4-9-20-13/h1-10,16H,11-12H2,(H,21,26)(H,22,23,25). The van der Waals surface area contributed by atoms with Gasteiger partial charge < -0.3 is 10.6 Å². The number of thioether (sulfide) groups is 1. The zero-order valence-corrected chi connectivity index (χ0v) is 15.1. The molecule has 0 spiro atoms. The number of hydrogen-bond donors (Lipinski definition) is 2. The Bertz CT molecular complexity index is 973. The van der Waals surface area contributed by atoms with E-state index < -0.39 is 5.25 Å². The SMILES string of the molecule is O=C(CC1Sc2ccccc2NC1=O)Nc1ccn(Cc2ccccn2)n1. The molecule has 1 aliphatic rings. The highest BCUT2D eigenvalue weighted by Crippen LogP contribution is 2.36. The number of para-hydroxylation sites is 1. The first-order chi connectivity index (χ1) is 13.2. The number of rotatable bonds is 5. The molecule has 0 saturated heterocycles. The van der Waals surface area contributed by atoms with Gasteiger partial charge in [0.25, 0.3) is 0 Å². The fourth-order valence-corrected chi connectivity index (χ4v) is 3.87. The van der Waals surface area contributed by atoms with Gasteiger partial charge in [-0.25, -0.2) is 0 Å². The van der Waals surface area contributed by atoms with Crippen LogP contribution in [0.25, 0.3) is 0 Å². The van der Waals surface area contributed by atoms with E-state index in [0.29, 0.717) is 12.4 Å². The van der Waals surface area contributed by atoms with Crippen LogP contribution in [-0.2, 0) is 16.1 Å². The van der Waals surface area contributed by atoms with E-state index in [1.807, 2.05) is 42.5 Å². The van der Waals surface area contributed by atoms with Crippen LogP contribution in [0.3, 0.4) is 0 Å². The summed E-state index contributed by atoms with van der Waals surface area (Å²) in [6.45, 7) is 0.522. The van der Waals surface area contributed by atoms with E-state index in [1.165, 1.54) is 11.8 Å². The van der Waals surface area contributed by atoms with Crippen molar-refractivity contribution in [1.82, 2.24) is 14.8 Å². The second kappa shape index (κ2) is 7.63. The van der Waals surface area contributed by atoms with E-state index in [1.54, 1.807) is 23.1 Å². The van der Waals surface area contributed by atoms with E-state index >= 15 is 0 Å². The third kappa shape index (κ3) is 4.17. The van der Waals surface area contributed by atoms with Gasteiger partial charge in [-0.2, -0.15) is 5.10 Å². The average Bonchev–Trinajstić information content (AvgIpc) is 3.10. The molecule has 1 atom stereocenters. The summed E-state index contributed by atoms with van der Waals surface area (Å²) in [5, 5.41) is 9.47. The van der Waals surface area contributed by atoms with Crippen molar-refractivity contribution in [3.8, 4) is 0 Å². The third-order valence-electron chi connectivity index (χ3n) is 4.04. The number of benzene rings is 1.